The second-order valence-corrected chi connectivity index (χ2v) is 4.82. The van der Waals surface area contributed by atoms with Crippen LogP contribution in [0, 0.1) is 6.92 Å². The Kier molecular flexibility index (Phi) is 3.03. The molecule has 0 radical (unpaired) electrons. The maximum atomic E-state index is 4.65. The Bertz CT molecular complexity index is 686. The van der Waals surface area contributed by atoms with Gasteiger partial charge in [-0.15, -0.1) is 0 Å². The van der Waals surface area contributed by atoms with Gasteiger partial charge in [-0.25, -0.2) is 9.97 Å². The minimum atomic E-state index is 0.302. The van der Waals surface area contributed by atoms with E-state index in [4.69, 9.17) is 0 Å². The lowest BCUT2D eigenvalue weighted by Crippen LogP contribution is -2.01. The maximum absolute atomic E-state index is 4.65. The molecule has 2 aromatic heterocycles. The molecule has 0 fully saturated rings. The molecule has 0 aliphatic rings. The smallest absolute Gasteiger partial charge is 0.177 e. The van der Waals surface area contributed by atoms with Crippen LogP contribution in [0.25, 0.3) is 11.2 Å². The van der Waals surface area contributed by atoms with Crippen LogP contribution >= 0.6 is 0 Å². The van der Waals surface area contributed by atoms with E-state index in [0.29, 0.717) is 5.92 Å². The Labute approximate surface area is 112 Å². The third kappa shape index (κ3) is 2.24. The first-order chi connectivity index (χ1) is 9.28. The SMILES string of the molecule is CCC(c1ccccc1)c1nc2nc(C)ccc2[nH]1. The van der Waals surface area contributed by atoms with Crippen molar-refractivity contribution in [3.8, 4) is 0 Å². The summed E-state index contributed by atoms with van der Waals surface area (Å²) >= 11 is 0. The van der Waals surface area contributed by atoms with Crippen LogP contribution in [0.4, 0.5) is 0 Å². The van der Waals surface area contributed by atoms with Crippen LogP contribution in [0.2, 0.25) is 0 Å². The summed E-state index contributed by atoms with van der Waals surface area (Å²) in [7, 11) is 0. The fraction of sp³-hybridized carbons (Fsp3) is 0.250. The molecule has 0 amide bonds. The zero-order chi connectivity index (χ0) is 13.2. The van der Waals surface area contributed by atoms with Gasteiger partial charge in [-0.05, 0) is 31.0 Å². The van der Waals surface area contributed by atoms with Gasteiger partial charge in [0, 0.05) is 11.6 Å². The number of aromatic nitrogens is 3. The van der Waals surface area contributed by atoms with Crippen molar-refractivity contribution in [3.63, 3.8) is 0 Å². The number of benzene rings is 1. The first-order valence-electron chi connectivity index (χ1n) is 6.66. The number of nitrogens with one attached hydrogen (secondary N) is 1. The van der Waals surface area contributed by atoms with Gasteiger partial charge in [-0.3, -0.25) is 0 Å². The van der Waals surface area contributed by atoms with Crippen molar-refractivity contribution in [3.05, 3.63) is 59.5 Å². The second kappa shape index (κ2) is 4.84. The highest BCUT2D eigenvalue weighted by atomic mass is 15.0. The van der Waals surface area contributed by atoms with E-state index < -0.39 is 0 Å². The number of hydrogen-bond acceptors (Lipinski definition) is 2. The summed E-state index contributed by atoms with van der Waals surface area (Å²) in [6, 6.07) is 14.5. The average Bonchev–Trinajstić information content (AvgIpc) is 2.83. The quantitative estimate of drug-likeness (QED) is 0.769. The van der Waals surface area contributed by atoms with Gasteiger partial charge < -0.3 is 4.98 Å². The Balaban J connectivity index is 2.07. The molecule has 96 valence electrons. The average molecular weight is 251 g/mol. The normalized spacial score (nSPS) is 12.7. The first-order valence-corrected chi connectivity index (χ1v) is 6.66. The molecule has 0 saturated carbocycles. The molecule has 0 saturated heterocycles. The van der Waals surface area contributed by atoms with Gasteiger partial charge in [0.1, 0.15) is 5.82 Å². The largest absolute Gasteiger partial charge is 0.340 e. The molecule has 1 unspecified atom stereocenters. The summed E-state index contributed by atoms with van der Waals surface area (Å²) in [5.41, 5.74) is 4.11. The monoisotopic (exact) mass is 251 g/mol. The number of nitrogens with zero attached hydrogens (tertiary/aromatic N) is 2. The molecule has 19 heavy (non-hydrogen) atoms. The number of fused-ring (bicyclic) bond motifs is 1. The van der Waals surface area contributed by atoms with Crippen molar-refractivity contribution < 1.29 is 0 Å². The van der Waals surface area contributed by atoms with E-state index in [1.807, 2.05) is 25.1 Å². The lowest BCUT2D eigenvalue weighted by molar-refractivity contribution is 0.732. The zero-order valence-corrected chi connectivity index (χ0v) is 11.2. The number of imidazole rings is 1. The first kappa shape index (κ1) is 11.9. The van der Waals surface area contributed by atoms with Crippen molar-refractivity contribution in [1.29, 1.82) is 0 Å². The van der Waals surface area contributed by atoms with E-state index in [1.165, 1.54) is 5.56 Å². The molecule has 1 atom stereocenters. The molecule has 3 heteroatoms. The van der Waals surface area contributed by atoms with Crippen LogP contribution in [0.5, 0.6) is 0 Å². The Morgan fingerprint density at radius 2 is 1.84 bits per heavy atom. The van der Waals surface area contributed by atoms with Crippen molar-refractivity contribution in [1.82, 2.24) is 15.0 Å². The molecular formula is C16H17N3. The van der Waals surface area contributed by atoms with Crippen molar-refractivity contribution in [2.75, 3.05) is 0 Å². The Morgan fingerprint density at radius 3 is 2.58 bits per heavy atom. The van der Waals surface area contributed by atoms with Crippen LogP contribution in [-0.2, 0) is 0 Å². The highest BCUT2D eigenvalue weighted by Gasteiger charge is 2.16. The number of aromatic amines is 1. The van der Waals surface area contributed by atoms with Crippen molar-refractivity contribution in [2.45, 2.75) is 26.2 Å². The van der Waals surface area contributed by atoms with Crippen LogP contribution in [0.15, 0.2) is 42.5 Å². The van der Waals surface area contributed by atoms with E-state index in [9.17, 15) is 0 Å². The van der Waals surface area contributed by atoms with Gasteiger partial charge in [0.2, 0.25) is 0 Å². The van der Waals surface area contributed by atoms with Gasteiger partial charge in [0.15, 0.2) is 5.65 Å². The van der Waals surface area contributed by atoms with Gasteiger partial charge >= 0.3 is 0 Å². The Morgan fingerprint density at radius 1 is 1.05 bits per heavy atom. The van der Waals surface area contributed by atoms with E-state index in [2.05, 4.69) is 46.1 Å². The summed E-state index contributed by atoms with van der Waals surface area (Å²) in [6.07, 6.45) is 1.02. The summed E-state index contributed by atoms with van der Waals surface area (Å²) in [4.78, 5) is 12.5. The maximum Gasteiger partial charge on any atom is 0.177 e. The predicted molar refractivity (Wildman–Crippen MR) is 77.2 cm³/mol. The molecule has 3 rings (SSSR count). The standard InChI is InChI=1S/C16H17N3/c1-3-13(12-7-5-4-6-8-12)15-18-14-10-9-11(2)17-16(14)19-15/h4-10,13H,3H2,1-2H3,(H,17,18,19). The lowest BCUT2D eigenvalue weighted by atomic mass is 9.96. The molecular weight excluding hydrogens is 234 g/mol. The molecule has 0 aliphatic carbocycles. The summed E-state index contributed by atoms with van der Waals surface area (Å²) in [5, 5.41) is 0. The number of aryl methyl sites for hydroxylation is 1. The van der Waals surface area contributed by atoms with Gasteiger partial charge in [-0.2, -0.15) is 0 Å². The number of pyridine rings is 1. The molecule has 1 aromatic carbocycles. The van der Waals surface area contributed by atoms with E-state index in [1.54, 1.807) is 0 Å². The van der Waals surface area contributed by atoms with Gasteiger partial charge in [0.05, 0.1) is 5.52 Å². The predicted octanol–water partition coefficient (Wildman–Crippen LogP) is 3.81. The fourth-order valence-electron chi connectivity index (χ4n) is 2.44. The highest BCUT2D eigenvalue weighted by Crippen LogP contribution is 2.26. The van der Waals surface area contributed by atoms with Crippen molar-refractivity contribution >= 4 is 11.2 Å². The van der Waals surface area contributed by atoms with Crippen LogP contribution in [-0.4, -0.2) is 15.0 Å². The van der Waals surface area contributed by atoms with Crippen molar-refractivity contribution in [2.24, 2.45) is 0 Å². The molecule has 3 aromatic rings. The third-order valence-electron chi connectivity index (χ3n) is 3.44. The molecule has 0 spiro atoms. The minimum Gasteiger partial charge on any atom is -0.340 e. The summed E-state index contributed by atoms with van der Waals surface area (Å²) in [6.45, 7) is 4.17. The van der Waals surface area contributed by atoms with E-state index in [-0.39, 0.29) is 0 Å². The number of rotatable bonds is 3. The Hall–Kier alpha value is -2.16. The van der Waals surface area contributed by atoms with Crippen LogP contribution in [0.3, 0.4) is 0 Å². The topological polar surface area (TPSA) is 41.6 Å². The van der Waals surface area contributed by atoms with Crippen LogP contribution in [0.1, 0.15) is 36.3 Å². The summed E-state index contributed by atoms with van der Waals surface area (Å²) in [5.74, 6) is 1.30. The van der Waals surface area contributed by atoms with Gasteiger partial charge in [0.25, 0.3) is 0 Å². The third-order valence-corrected chi connectivity index (χ3v) is 3.44. The highest BCUT2D eigenvalue weighted by molar-refractivity contribution is 5.70. The number of H-pyrrole nitrogens is 1. The second-order valence-electron chi connectivity index (χ2n) is 4.82. The van der Waals surface area contributed by atoms with E-state index in [0.717, 1.165) is 29.1 Å². The molecule has 0 bridgehead atoms. The van der Waals surface area contributed by atoms with Gasteiger partial charge in [-0.1, -0.05) is 37.3 Å². The minimum absolute atomic E-state index is 0.302. The van der Waals surface area contributed by atoms with E-state index >= 15 is 0 Å². The molecule has 2 heterocycles. The lowest BCUT2D eigenvalue weighted by Gasteiger charge is -2.11. The zero-order valence-electron chi connectivity index (χ0n) is 11.2. The summed E-state index contributed by atoms with van der Waals surface area (Å²) < 4.78 is 0. The molecule has 0 aliphatic heterocycles. The van der Waals surface area contributed by atoms with Crippen LogP contribution < -0.4 is 0 Å². The molecule has 1 N–H and O–H groups in total. The fourth-order valence-corrected chi connectivity index (χ4v) is 2.44. The number of hydrogen-bond donors (Lipinski definition) is 1. The molecule has 3 nitrogen and oxygen atoms in total.